The van der Waals surface area contributed by atoms with Crippen LogP contribution in [-0.4, -0.2) is 62.8 Å². The van der Waals surface area contributed by atoms with Crippen LogP contribution in [-0.2, 0) is 14.3 Å². The lowest BCUT2D eigenvalue weighted by atomic mass is 9.82. The van der Waals surface area contributed by atoms with E-state index in [1.54, 1.807) is 7.05 Å². The lowest BCUT2D eigenvalue weighted by Gasteiger charge is -2.23. The van der Waals surface area contributed by atoms with E-state index < -0.39 is 0 Å². The van der Waals surface area contributed by atoms with Crippen molar-refractivity contribution >= 4 is 35.9 Å². The molecule has 3 aliphatic heterocycles. The van der Waals surface area contributed by atoms with Crippen LogP contribution in [0.3, 0.4) is 0 Å². The lowest BCUT2D eigenvalue weighted by molar-refractivity contribution is -0.140. The summed E-state index contributed by atoms with van der Waals surface area (Å²) in [6.07, 6.45) is 3.72. The van der Waals surface area contributed by atoms with Gasteiger partial charge in [-0.1, -0.05) is 0 Å². The maximum atomic E-state index is 11.1. The molecule has 0 aromatic rings. The van der Waals surface area contributed by atoms with Crippen LogP contribution in [0, 0.1) is 11.8 Å². The van der Waals surface area contributed by atoms with E-state index in [1.165, 1.54) is 20.0 Å². The average molecular weight is 409 g/mol. The number of ether oxygens (including phenoxy) is 2. The molecule has 0 saturated carbocycles. The van der Waals surface area contributed by atoms with E-state index in [-0.39, 0.29) is 29.9 Å². The molecule has 6 nitrogen and oxygen atoms in total. The van der Waals surface area contributed by atoms with Crippen LogP contribution in [0.15, 0.2) is 4.99 Å². The summed E-state index contributed by atoms with van der Waals surface area (Å²) in [4.78, 5) is 17.8. The largest absolute Gasteiger partial charge is 0.469 e. The third kappa shape index (κ3) is 3.28. The molecule has 2 bridgehead atoms. The van der Waals surface area contributed by atoms with Gasteiger partial charge >= 0.3 is 5.97 Å². The second kappa shape index (κ2) is 7.13. The van der Waals surface area contributed by atoms with E-state index >= 15 is 0 Å². The standard InChI is InChI=1S/C14H23N3O3.HI/c1-15-14(16-6-5-13(18)19-2)17-7-9-10(8-17)12-4-3-11(9)20-12;/h9-12H,3-8H2,1-2H3,(H,15,16);1H. The molecule has 0 aliphatic carbocycles. The Balaban J connectivity index is 0.00000161. The predicted octanol–water partition coefficient (Wildman–Crippen LogP) is 0.852. The third-order valence-electron chi connectivity index (χ3n) is 4.80. The maximum Gasteiger partial charge on any atom is 0.307 e. The first-order valence-electron chi connectivity index (χ1n) is 7.40. The summed E-state index contributed by atoms with van der Waals surface area (Å²) in [5.41, 5.74) is 0. The highest BCUT2D eigenvalue weighted by atomic mass is 127. The molecule has 0 amide bonds. The average Bonchev–Trinajstić information content (AvgIpc) is 3.14. The smallest absolute Gasteiger partial charge is 0.307 e. The second-order valence-electron chi connectivity index (χ2n) is 5.82. The first-order valence-corrected chi connectivity index (χ1v) is 7.40. The van der Waals surface area contributed by atoms with Gasteiger partial charge in [0.2, 0.25) is 0 Å². The minimum atomic E-state index is -0.197. The number of methoxy groups -OCH3 is 1. The van der Waals surface area contributed by atoms with Gasteiger partial charge < -0.3 is 19.7 Å². The number of nitrogens with zero attached hydrogens (tertiary/aromatic N) is 2. The molecule has 3 rings (SSSR count). The summed E-state index contributed by atoms with van der Waals surface area (Å²) in [5, 5.41) is 3.25. The topological polar surface area (TPSA) is 63.2 Å². The Morgan fingerprint density at radius 2 is 1.95 bits per heavy atom. The fourth-order valence-electron chi connectivity index (χ4n) is 3.84. The number of nitrogens with one attached hydrogen (secondary N) is 1. The zero-order chi connectivity index (χ0) is 14.1. The number of rotatable bonds is 3. The Morgan fingerprint density at radius 1 is 1.33 bits per heavy atom. The van der Waals surface area contributed by atoms with Crippen LogP contribution in [0.25, 0.3) is 0 Å². The maximum absolute atomic E-state index is 11.1. The van der Waals surface area contributed by atoms with Crippen LogP contribution >= 0.6 is 24.0 Å². The molecule has 120 valence electrons. The van der Waals surface area contributed by atoms with Crippen molar-refractivity contribution in [1.29, 1.82) is 0 Å². The van der Waals surface area contributed by atoms with Crippen LogP contribution in [0.1, 0.15) is 19.3 Å². The van der Waals surface area contributed by atoms with Gasteiger partial charge in [-0.25, -0.2) is 0 Å². The monoisotopic (exact) mass is 409 g/mol. The number of hydrogen-bond donors (Lipinski definition) is 1. The summed E-state index contributed by atoms with van der Waals surface area (Å²) in [7, 11) is 3.20. The number of carbonyl (C=O) groups is 1. The van der Waals surface area contributed by atoms with Crippen LogP contribution in [0.5, 0.6) is 0 Å². The van der Waals surface area contributed by atoms with E-state index in [1.807, 2.05) is 0 Å². The number of fused-ring (bicyclic) bond motifs is 5. The minimum absolute atomic E-state index is 0. The van der Waals surface area contributed by atoms with Gasteiger partial charge in [-0.05, 0) is 12.8 Å². The Hall–Kier alpha value is -0.570. The highest BCUT2D eigenvalue weighted by Gasteiger charge is 2.53. The van der Waals surface area contributed by atoms with E-state index in [0.29, 0.717) is 37.0 Å². The molecule has 3 saturated heterocycles. The summed E-state index contributed by atoms with van der Waals surface area (Å²) in [6, 6.07) is 0. The van der Waals surface area contributed by atoms with Crippen LogP contribution in [0.2, 0.25) is 0 Å². The lowest BCUT2D eigenvalue weighted by Crippen LogP contribution is -2.42. The van der Waals surface area contributed by atoms with E-state index in [0.717, 1.165) is 19.0 Å². The molecule has 0 aromatic heterocycles. The molecule has 3 fully saturated rings. The number of esters is 1. The SMILES string of the molecule is CN=C(NCCC(=O)OC)N1CC2C3CCC(O3)C2C1.I. The van der Waals surface area contributed by atoms with Gasteiger partial charge in [0.05, 0.1) is 25.7 Å². The Morgan fingerprint density at radius 3 is 2.48 bits per heavy atom. The van der Waals surface area contributed by atoms with Crippen molar-refractivity contribution in [3.05, 3.63) is 0 Å². The van der Waals surface area contributed by atoms with Gasteiger partial charge in [0.25, 0.3) is 0 Å². The van der Waals surface area contributed by atoms with Crippen LogP contribution in [0.4, 0.5) is 0 Å². The van der Waals surface area contributed by atoms with E-state index in [4.69, 9.17) is 4.74 Å². The van der Waals surface area contributed by atoms with Crippen molar-refractivity contribution in [1.82, 2.24) is 10.2 Å². The molecule has 0 aromatic carbocycles. The predicted molar refractivity (Wildman–Crippen MR) is 89.9 cm³/mol. The Kier molecular flexibility index (Phi) is 5.70. The molecule has 3 aliphatic rings. The molecule has 7 heteroatoms. The van der Waals surface area contributed by atoms with Gasteiger partial charge in [-0.2, -0.15) is 0 Å². The zero-order valence-corrected chi connectivity index (χ0v) is 14.9. The first kappa shape index (κ1) is 16.8. The molecule has 4 unspecified atom stereocenters. The Labute approximate surface area is 142 Å². The van der Waals surface area contributed by atoms with Gasteiger partial charge in [0, 0.05) is 38.5 Å². The highest BCUT2D eigenvalue weighted by Crippen LogP contribution is 2.47. The quantitative estimate of drug-likeness (QED) is 0.324. The highest BCUT2D eigenvalue weighted by molar-refractivity contribution is 14.0. The fraction of sp³-hybridized carbons (Fsp3) is 0.857. The fourth-order valence-corrected chi connectivity index (χ4v) is 3.84. The second-order valence-corrected chi connectivity index (χ2v) is 5.82. The Bertz CT molecular complexity index is 400. The number of carbonyl (C=O) groups excluding carboxylic acids is 1. The summed E-state index contributed by atoms with van der Waals surface area (Å²) < 4.78 is 10.6. The first-order chi connectivity index (χ1) is 9.72. The number of aliphatic imine (C=N–C) groups is 1. The number of likely N-dealkylation sites (tertiary alicyclic amines) is 1. The summed E-state index contributed by atoms with van der Waals surface area (Å²) >= 11 is 0. The van der Waals surface area contributed by atoms with Gasteiger partial charge in [-0.15, -0.1) is 24.0 Å². The number of halogens is 1. The van der Waals surface area contributed by atoms with Crippen molar-refractivity contribution in [3.63, 3.8) is 0 Å². The third-order valence-corrected chi connectivity index (χ3v) is 4.80. The van der Waals surface area contributed by atoms with Crippen molar-refractivity contribution in [3.8, 4) is 0 Å². The number of guanidine groups is 1. The molecular formula is C14H24IN3O3. The van der Waals surface area contributed by atoms with Gasteiger partial charge in [0.1, 0.15) is 0 Å². The van der Waals surface area contributed by atoms with Crippen molar-refractivity contribution in [2.45, 2.75) is 31.5 Å². The normalized spacial score (nSPS) is 33.6. The minimum Gasteiger partial charge on any atom is -0.469 e. The van der Waals surface area contributed by atoms with Crippen molar-refractivity contribution in [2.24, 2.45) is 16.8 Å². The molecule has 0 spiro atoms. The molecule has 21 heavy (non-hydrogen) atoms. The molecule has 3 heterocycles. The summed E-state index contributed by atoms with van der Waals surface area (Å²) in [5.74, 6) is 2.02. The van der Waals surface area contributed by atoms with Crippen molar-refractivity contribution < 1.29 is 14.3 Å². The van der Waals surface area contributed by atoms with Crippen LogP contribution < -0.4 is 5.32 Å². The molecule has 1 N–H and O–H groups in total. The molecule has 0 radical (unpaired) electrons. The molecule has 4 atom stereocenters. The van der Waals surface area contributed by atoms with E-state index in [9.17, 15) is 4.79 Å². The van der Waals surface area contributed by atoms with E-state index in [2.05, 4.69) is 19.9 Å². The number of hydrogen-bond acceptors (Lipinski definition) is 4. The molecular weight excluding hydrogens is 385 g/mol. The summed E-state index contributed by atoms with van der Waals surface area (Å²) in [6.45, 7) is 2.60. The van der Waals surface area contributed by atoms with Gasteiger partial charge in [-0.3, -0.25) is 9.79 Å². The van der Waals surface area contributed by atoms with Crippen molar-refractivity contribution in [2.75, 3.05) is 33.8 Å². The van der Waals surface area contributed by atoms with Gasteiger partial charge in [0.15, 0.2) is 5.96 Å². The zero-order valence-electron chi connectivity index (χ0n) is 12.6.